The average molecular weight is 293 g/mol. The van der Waals surface area contributed by atoms with E-state index in [9.17, 15) is 0 Å². The van der Waals surface area contributed by atoms with E-state index in [1.165, 1.54) is 77.4 Å². The molecule has 2 aliphatic heterocycles. The van der Waals surface area contributed by atoms with Crippen molar-refractivity contribution in [2.24, 2.45) is 17.8 Å². The minimum absolute atomic E-state index is 0.854. The van der Waals surface area contributed by atoms with E-state index in [2.05, 4.69) is 24.1 Å². The molecule has 21 heavy (non-hydrogen) atoms. The van der Waals surface area contributed by atoms with Gasteiger partial charge in [0.15, 0.2) is 0 Å². The largest absolute Gasteiger partial charge is 0.314 e. The highest BCUT2D eigenvalue weighted by atomic mass is 15.2. The fourth-order valence-corrected chi connectivity index (χ4v) is 5.28. The van der Waals surface area contributed by atoms with E-state index in [1.54, 1.807) is 0 Å². The summed E-state index contributed by atoms with van der Waals surface area (Å²) in [7, 11) is 0. The van der Waals surface area contributed by atoms with Crippen LogP contribution in [0.15, 0.2) is 0 Å². The minimum Gasteiger partial charge on any atom is -0.314 e. The average Bonchev–Trinajstić information content (AvgIpc) is 3.01. The van der Waals surface area contributed by atoms with E-state index >= 15 is 0 Å². The van der Waals surface area contributed by atoms with Crippen molar-refractivity contribution in [3.05, 3.63) is 0 Å². The first kappa shape index (κ1) is 15.8. The molecule has 1 saturated carbocycles. The van der Waals surface area contributed by atoms with Crippen LogP contribution in [-0.2, 0) is 0 Å². The molecule has 0 amide bonds. The third-order valence-electron chi connectivity index (χ3n) is 6.32. The lowest BCUT2D eigenvalue weighted by atomic mass is 9.79. The lowest BCUT2D eigenvalue weighted by molar-refractivity contribution is 0.0778. The minimum atomic E-state index is 0.854. The molecule has 0 spiro atoms. The molecular weight excluding hydrogens is 256 g/mol. The van der Waals surface area contributed by atoms with Gasteiger partial charge in [-0.25, -0.2) is 0 Å². The highest BCUT2D eigenvalue weighted by Crippen LogP contribution is 2.34. The molecule has 0 radical (unpaired) electrons. The van der Waals surface area contributed by atoms with Crippen LogP contribution in [-0.4, -0.2) is 36.6 Å². The lowest BCUT2D eigenvalue weighted by Crippen LogP contribution is -2.46. The van der Waals surface area contributed by atoms with E-state index in [1.807, 2.05) is 0 Å². The Balaban J connectivity index is 1.45. The van der Waals surface area contributed by atoms with Crippen LogP contribution in [0.3, 0.4) is 0 Å². The van der Waals surface area contributed by atoms with Crippen LogP contribution in [0.25, 0.3) is 0 Å². The van der Waals surface area contributed by atoms with Crippen LogP contribution in [0.1, 0.15) is 71.6 Å². The van der Waals surface area contributed by atoms with Crippen molar-refractivity contribution in [3.63, 3.8) is 0 Å². The maximum Gasteiger partial charge on any atom is 0.00979 e. The van der Waals surface area contributed by atoms with Crippen LogP contribution in [0, 0.1) is 17.8 Å². The smallest absolute Gasteiger partial charge is 0.00979 e. The second-order valence-corrected chi connectivity index (χ2v) is 8.39. The first-order valence-electron chi connectivity index (χ1n) is 9.70. The van der Waals surface area contributed by atoms with Gasteiger partial charge < -0.3 is 10.2 Å². The summed E-state index contributed by atoms with van der Waals surface area (Å²) in [6, 6.07) is 1.77. The van der Waals surface area contributed by atoms with Crippen molar-refractivity contribution < 1.29 is 0 Å². The van der Waals surface area contributed by atoms with Gasteiger partial charge in [0.25, 0.3) is 0 Å². The Bertz CT molecular complexity index is 301. The highest BCUT2D eigenvalue weighted by molar-refractivity contribution is 4.89. The maximum absolute atomic E-state index is 3.73. The Morgan fingerprint density at radius 2 is 1.81 bits per heavy atom. The van der Waals surface area contributed by atoms with Gasteiger partial charge in [-0.15, -0.1) is 0 Å². The molecule has 3 aliphatic rings. The van der Waals surface area contributed by atoms with E-state index in [4.69, 9.17) is 0 Å². The Labute approximate surface area is 132 Å². The molecule has 1 aliphatic carbocycles. The monoisotopic (exact) mass is 292 g/mol. The van der Waals surface area contributed by atoms with Crippen LogP contribution < -0.4 is 5.32 Å². The first-order valence-corrected chi connectivity index (χ1v) is 9.70. The molecule has 3 rings (SSSR count). The van der Waals surface area contributed by atoms with Crippen LogP contribution in [0.5, 0.6) is 0 Å². The summed E-state index contributed by atoms with van der Waals surface area (Å²) in [4.78, 5) is 2.86. The molecule has 2 heteroatoms. The van der Waals surface area contributed by atoms with Gasteiger partial charge in [0, 0.05) is 12.1 Å². The molecule has 0 bridgehead atoms. The van der Waals surface area contributed by atoms with Gasteiger partial charge in [-0.3, -0.25) is 0 Å². The molecule has 3 atom stereocenters. The number of hydrogen-bond acceptors (Lipinski definition) is 2. The van der Waals surface area contributed by atoms with E-state index < -0.39 is 0 Å². The van der Waals surface area contributed by atoms with Crippen molar-refractivity contribution in [2.75, 3.05) is 19.6 Å². The normalized spacial score (nSPS) is 36.4. The highest BCUT2D eigenvalue weighted by Gasteiger charge is 2.32. The molecule has 3 unspecified atom stereocenters. The van der Waals surface area contributed by atoms with Crippen molar-refractivity contribution in [1.82, 2.24) is 10.2 Å². The molecule has 0 aromatic carbocycles. The third-order valence-corrected chi connectivity index (χ3v) is 6.32. The summed E-state index contributed by atoms with van der Waals surface area (Å²) in [6.07, 6.45) is 13.1. The molecule has 0 aromatic rings. The summed E-state index contributed by atoms with van der Waals surface area (Å²) in [5.41, 5.74) is 0. The number of rotatable bonds is 4. The Kier molecular flexibility index (Phi) is 5.61. The van der Waals surface area contributed by atoms with Gasteiger partial charge in [0.2, 0.25) is 0 Å². The van der Waals surface area contributed by atoms with Crippen molar-refractivity contribution >= 4 is 0 Å². The van der Waals surface area contributed by atoms with Gasteiger partial charge in [0.05, 0.1) is 0 Å². The fraction of sp³-hybridized carbons (Fsp3) is 1.00. The lowest BCUT2D eigenvalue weighted by Gasteiger charge is -2.42. The second-order valence-electron chi connectivity index (χ2n) is 8.39. The first-order chi connectivity index (χ1) is 10.2. The van der Waals surface area contributed by atoms with Crippen LogP contribution in [0.4, 0.5) is 0 Å². The summed E-state index contributed by atoms with van der Waals surface area (Å²) in [5.74, 6) is 2.87. The Morgan fingerprint density at radius 1 is 1.00 bits per heavy atom. The zero-order valence-corrected chi connectivity index (χ0v) is 14.3. The predicted octanol–water partition coefficient (Wildman–Crippen LogP) is 4.06. The number of piperidine rings is 1. The van der Waals surface area contributed by atoms with Gasteiger partial charge in [-0.1, -0.05) is 26.7 Å². The summed E-state index contributed by atoms with van der Waals surface area (Å²) >= 11 is 0. The number of nitrogens with one attached hydrogen (secondary N) is 1. The fourth-order valence-electron chi connectivity index (χ4n) is 5.28. The number of hydrogen-bond donors (Lipinski definition) is 1. The third kappa shape index (κ3) is 4.22. The topological polar surface area (TPSA) is 15.3 Å². The van der Waals surface area contributed by atoms with Gasteiger partial charge in [-0.2, -0.15) is 0 Å². The molecule has 1 N–H and O–H groups in total. The Morgan fingerprint density at radius 3 is 2.48 bits per heavy atom. The zero-order chi connectivity index (χ0) is 14.7. The quantitative estimate of drug-likeness (QED) is 0.841. The zero-order valence-electron chi connectivity index (χ0n) is 14.3. The molecule has 2 heterocycles. The summed E-state index contributed by atoms with van der Waals surface area (Å²) in [6.45, 7) is 8.81. The van der Waals surface area contributed by atoms with Crippen molar-refractivity contribution in [3.8, 4) is 0 Å². The second kappa shape index (κ2) is 7.46. The van der Waals surface area contributed by atoms with Crippen LogP contribution in [0.2, 0.25) is 0 Å². The van der Waals surface area contributed by atoms with E-state index in [-0.39, 0.29) is 0 Å². The Hall–Kier alpha value is -0.0800. The summed E-state index contributed by atoms with van der Waals surface area (Å²) in [5, 5.41) is 3.73. The molecule has 2 saturated heterocycles. The molecule has 0 aromatic heterocycles. The van der Waals surface area contributed by atoms with Gasteiger partial charge in [0.1, 0.15) is 0 Å². The molecule has 3 fully saturated rings. The van der Waals surface area contributed by atoms with E-state index in [0.29, 0.717) is 0 Å². The molecular formula is C19H36N2. The maximum atomic E-state index is 3.73. The molecule has 122 valence electrons. The number of likely N-dealkylation sites (tertiary alicyclic amines) is 1. The van der Waals surface area contributed by atoms with E-state index in [0.717, 1.165) is 29.8 Å². The number of nitrogens with zero attached hydrogens (tertiary/aromatic N) is 1. The van der Waals surface area contributed by atoms with Crippen LogP contribution >= 0.6 is 0 Å². The van der Waals surface area contributed by atoms with Gasteiger partial charge in [-0.05, 0) is 82.3 Å². The van der Waals surface area contributed by atoms with Crippen molar-refractivity contribution in [2.45, 2.75) is 83.7 Å². The summed E-state index contributed by atoms with van der Waals surface area (Å²) < 4.78 is 0. The van der Waals surface area contributed by atoms with Crippen molar-refractivity contribution in [1.29, 1.82) is 0 Å². The predicted molar refractivity (Wildman–Crippen MR) is 90.5 cm³/mol. The SMILES string of the molecule is CC(C)CC1CCCC(N2CCC(C3CCCN3)CC2)C1. The standard InChI is InChI=1S/C19H36N2/c1-15(2)13-16-5-3-6-18(14-16)21-11-8-17(9-12-21)19-7-4-10-20-19/h15-20H,3-14H2,1-2H3. The molecule has 2 nitrogen and oxygen atoms in total. The van der Waals surface area contributed by atoms with Gasteiger partial charge >= 0.3 is 0 Å².